The number of thiophene rings is 1. The Morgan fingerprint density at radius 3 is 2.23 bits per heavy atom. The highest BCUT2D eigenvalue weighted by molar-refractivity contribution is 7.26. The maximum Gasteiger partial charge on any atom is 0.133 e. The minimum atomic E-state index is -0.0418. The van der Waals surface area contributed by atoms with Crippen molar-refractivity contribution in [3.05, 3.63) is 150 Å². The van der Waals surface area contributed by atoms with E-state index in [1.54, 1.807) is 0 Å². The minimum absolute atomic E-state index is 0.0418. The lowest BCUT2D eigenvalue weighted by Crippen LogP contribution is -2.22. The highest BCUT2D eigenvalue weighted by Gasteiger charge is 2.23. The Labute approximate surface area is 230 Å². The van der Waals surface area contributed by atoms with Crippen molar-refractivity contribution in [1.29, 1.82) is 0 Å². The second-order valence-electron chi connectivity index (χ2n) is 10.1. The molecule has 184 valence electrons. The molecule has 2 nitrogen and oxygen atoms in total. The fraction of sp³-hybridized carbons (Fsp3) is 0.0278. The normalized spacial score (nSPS) is 14.8. The molecule has 0 radical (unpaired) electrons. The van der Waals surface area contributed by atoms with E-state index in [1.807, 2.05) is 11.3 Å². The molecular formula is C36H24N2S. The number of nitrogens with one attached hydrogen (secondary N) is 1. The van der Waals surface area contributed by atoms with Crippen molar-refractivity contribution in [3.8, 4) is 11.1 Å². The van der Waals surface area contributed by atoms with Crippen LogP contribution in [0.25, 0.3) is 42.1 Å². The van der Waals surface area contributed by atoms with Gasteiger partial charge in [0.2, 0.25) is 0 Å². The Bertz CT molecular complexity index is 2050. The summed E-state index contributed by atoms with van der Waals surface area (Å²) < 4.78 is 2.64. The van der Waals surface area contributed by atoms with Gasteiger partial charge in [0.25, 0.3) is 0 Å². The van der Waals surface area contributed by atoms with Gasteiger partial charge < -0.3 is 5.32 Å². The average molecular weight is 517 g/mol. The Morgan fingerprint density at radius 2 is 1.33 bits per heavy atom. The van der Waals surface area contributed by atoms with Crippen molar-refractivity contribution in [2.45, 2.75) is 6.04 Å². The summed E-state index contributed by atoms with van der Waals surface area (Å²) in [7, 11) is 0. The monoisotopic (exact) mass is 516 g/mol. The van der Waals surface area contributed by atoms with Crippen molar-refractivity contribution in [3.63, 3.8) is 0 Å². The highest BCUT2D eigenvalue weighted by Crippen LogP contribution is 2.42. The quantitative estimate of drug-likeness (QED) is 0.248. The van der Waals surface area contributed by atoms with Crippen LogP contribution >= 0.6 is 11.3 Å². The maximum atomic E-state index is 5.24. The number of fused-ring (bicyclic) bond motifs is 5. The van der Waals surface area contributed by atoms with Gasteiger partial charge in [-0.3, -0.25) is 4.99 Å². The molecule has 0 saturated carbocycles. The van der Waals surface area contributed by atoms with E-state index in [4.69, 9.17) is 4.99 Å². The SMILES string of the molecule is c1ccc(C2N=C(c3cccc(-c4cccc5sc6cc7ccccc7cc6c45)c3)Nc3ccccc32)cc1. The molecule has 1 unspecified atom stereocenters. The summed E-state index contributed by atoms with van der Waals surface area (Å²) in [5.41, 5.74) is 7.05. The van der Waals surface area contributed by atoms with E-state index in [2.05, 4.69) is 139 Å². The predicted octanol–water partition coefficient (Wildman–Crippen LogP) is 9.84. The first kappa shape index (κ1) is 22.3. The molecule has 1 aliphatic rings. The fourth-order valence-electron chi connectivity index (χ4n) is 5.83. The molecule has 6 aromatic carbocycles. The number of hydrogen-bond donors (Lipinski definition) is 1. The van der Waals surface area contributed by atoms with Gasteiger partial charge in [-0.1, -0.05) is 103 Å². The van der Waals surface area contributed by atoms with Crippen LogP contribution in [-0.4, -0.2) is 5.84 Å². The van der Waals surface area contributed by atoms with Crippen LogP contribution in [0.2, 0.25) is 0 Å². The fourth-order valence-corrected chi connectivity index (χ4v) is 6.99. The Kier molecular flexibility index (Phi) is 5.10. The van der Waals surface area contributed by atoms with Crippen LogP contribution in [0.4, 0.5) is 5.69 Å². The van der Waals surface area contributed by atoms with E-state index in [-0.39, 0.29) is 6.04 Å². The number of para-hydroxylation sites is 1. The molecule has 0 amide bonds. The molecule has 3 heteroatoms. The molecular weight excluding hydrogens is 492 g/mol. The summed E-state index contributed by atoms with van der Waals surface area (Å²) in [6, 6.07) is 47.8. The second-order valence-corrected chi connectivity index (χ2v) is 11.1. The van der Waals surface area contributed by atoms with Crippen molar-refractivity contribution in [2.24, 2.45) is 4.99 Å². The Balaban J connectivity index is 1.28. The molecule has 1 atom stereocenters. The third-order valence-electron chi connectivity index (χ3n) is 7.69. The van der Waals surface area contributed by atoms with Crippen molar-refractivity contribution in [2.75, 3.05) is 5.32 Å². The third kappa shape index (κ3) is 3.74. The van der Waals surface area contributed by atoms with E-state index in [0.29, 0.717) is 0 Å². The largest absolute Gasteiger partial charge is 0.340 e. The first-order valence-corrected chi connectivity index (χ1v) is 14.1. The molecule has 8 rings (SSSR count). The highest BCUT2D eigenvalue weighted by atomic mass is 32.1. The lowest BCUT2D eigenvalue weighted by atomic mass is 9.94. The number of nitrogens with zero attached hydrogens (tertiary/aromatic N) is 1. The summed E-state index contributed by atoms with van der Waals surface area (Å²) in [5.74, 6) is 0.901. The molecule has 0 aliphatic carbocycles. The zero-order valence-corrected chi connectivity index (χ0v) is 22.0. The van der Waals surface area contributed by atoms with Crippen molar-refractivity contribution >= 4 is 53.8 Å². The van der Waals surface area contributed by atoms with Crippen molar-refractivity contribution in [1.82, 2.24) is 0 Å². The van der Waals surface area contributed by atoms with Gasteiger partial charge in [0.15, 0.2) is 0 Å². The number of aliphatic imine (C=N–C) groups is 1. The lowest BCUT2D eigenvalue weighted by Gasteiger charge is -2.26. The third-order valence-corrected chi connectivity index (χ3v) is 8.81. The Hall–Kier alpha value is -4.73. The van der Waals surface area contributed by atoms with Crippen LogP contribution in [0.3, 0.4) is 0 Å². The molecule has 0 fully saturated rings. The van der Waals surface area contributed by atoms with Crippen LogP contribution in [-0.2, 0) is 0 Å². The van der Waals surface area contributed by atoms with Gasteiger partial charge in [-0.05, 0) is 57.8 Å². The smallest absolute Gasteiger partial charge is 0.133 e. The van der Waals surface area contributed by atoms with E-state index >= 15 is 0 Å². The summed E-state index contributed by atoms with van der Waals surface area (Å²) in [4.78, 5) is 5.24. The minimum Gasteiger partial charge on any atom is -0.340 e. The van der Waals surface area contributed by atoms with Gasteiger partial charge in [0, 0.05) is 37.0 Å². The second kappa shape index (κ2) is 8.93. The van der Waals surface area contributed by atoms with E-state index in [1.165, 1.54) is 53.2 Å². The van der Waals surface area contributed by atoms with Gasteiger partial charge in [-0.15, -0.1) is 11.3 Å². The molecule has 1 aromatic heterocycles. The number of amidine groups is 1. The van der Waals surface area contributed by atoms with Gasteiger partial charge in [-0.2, -0.15) is 0 Å². The predicted molar refractivity (Wildman–Crippen MR) is 167 cm³/mol. The average Bonchev–Trinajstić information content (AvgIpc) is 3.37. The maximum absolute atomic E-state index is 5.24. The van der Waals surface area contributed by atoms with E-state index in [0.717, 1.165) is 17.1 Å². The van der Waals surface area contributed by atoms with Gasteiger partial charge >= 0.3 is 0 Å². The van der Waals surface area contributed by atoms with Gasteiger partial charge in [0.05, 0.1) is 0 Å². The van der Waals surface area contributed by atoms with Crippen LogP contribution in [0.15, 0.2) is 138 Å². The number of rotatable bonds is 3. The first-order valence-electron chi connectivity index (χ1n) is 13.3. The van der Waals surface area contributed by atoms with Crippen LogP contribution < -0.4 is 5.32 Å². The number of benzene rings is 6. The summed E-state index contributed by atoms with van der Waals surface area (Å²) in [6.07, 6.45) is 0. The van der Waals surface area contributed by atoms with Crippen LogP contribution in [0.1, 0.15) is 22.7 Å². The Morgan fingerprint density at radius 1 is 0.590 bits per heavy atom. The van der Waals surface area contributed by atoms with Gasteiger partial charge in [0.1, 0.15) is 11.9 Å². The molecule has 39 heavy (non-hydrogen) atoms. The molecule has 2 heterocycles. The summed E-state index contributed by atoms with van der Waals surface area (Å²) >= 11 is 1.87. The standard InChI is InChI=1S/C36H24N2S/c1-2-10-23(11-3-1)35-29-16-6-7-18-31(29)37-36(38-35)27-15-8-14-26(20-27)28-17-9-19-32-34(28)30-21-24-12-4-5-13-25(24)22-33(30)39-32/h1-22,35H,(H,37,38). The topological polar surface area (TPSA) is 24.4 Å². The molecule has 0 bridgehead atoms. The molecule has 0 spiro atoms. The van der Waals surface area contributed by atoms with Gasteiger partial charge in [-0.25, -0.2) is 0 Å². The van der Waals surface area contributed by atoms with E-state index in [9.17, 15) is 0 Å². The van der Waals surface area contributed by atoms with E-state index < -0.39 is 0 Å². The van der Waals surface area contributed by atoms with Crippen LogP contribution in [0, 0.1) is 0 Å². The van der Waals surface area contributed by atoms with Crippen LogP contribution in [0.5, 0.6) is 0 Å². The number of anilines is 1. The molecule has 0 saturated heterocycles. The first-order chi connectivity index (χ1) is 19.3. The molecule has 1 N–H and O–H groups in total. The summed E-state index contributed by atoms with van der Waals surface area (Å²) in [6.45, 7) is 0. The zero-order chi connectivity index (χ0) is 25.8. The lowest BCUT2D eigenvalue weighted by molar-refractivity contribution is 0.863. The van der Waals surface area contributed by atoms with Crippen molar-refractivity contribution < 1.29 is 0 Å². The zero-order valence-electron chi connectivity index (χ0n) is 21.1. The number of hydrogen-bond acceptors (Lipinski definition) is 3. The molecule has 1 aliphatic heterocycles. The molecule has 7 aromatic rings. The summed E-state index contributed by atoms with van der Waals surface area (Å²) in [5, 5.41) is 8.84.